The summed E-state index contributed by atoms with van der Waals surface area (Å²) in [6, 6.07) is 9.58. The summed E-state index contributed by atoms with van der Waals surface area (Å²) in [5.41, 5.74) is 1.37. The molecule has 0 radical (unpaired) electrons. The molecule has 2 fully saturated rings. The molecule has 0 saturated carbocycles. The molecule has 2 aromatic carbocycles. The molecule has 43 heavy (non-hydrogen) atoms. The average Bonchev–Trinajstić information content (AvgIpc) is 3.52. The lowest BCUT2D eigenvalue weighted by Gasteiger charge is -2.38. The molecule has 1 N–H and O–H groups in total. The lowest BCUT2D eigenvalue weighted by molar-refractivity contribution is -0.131. The van der Waals surface area contributed by atoms with Gasteiger partial charge in [-0.05, 0) is 68.3 Å². The highest BCUT2D eigenvalue weighted by atomic mass is 19.1. The Kier molecular flexibility index (Phi) is 6.83. The van der Waals surface area contributed by atoms with E-state index in [1.165, 1.54) is 12.4 Å². The molecule has 4 aliphatic rings. The number of rotatable bonds is 7. The second-order valence-corrected chi connectivity index (χ2v) is 11.6. The quantitative estimate of drug-likeness (QED) is 0.372. The molecule has 4 heterocycles. The molecular weight excluding hydrogens is 547 g/mol. The first kappa shape index (κ1) is 27.1. The van der Waals surface area contributed by atoms with Crippen LogP contribution in [0.3, 0.4) is 0 Å². The van der Waals surface area contributed by atoms with Crippen LogP contribution in [0.4, 0.5) is 15.9 Å². The summed E-state index contributed by atoms with van der Waals surface area (Å²) >= 11 is 0. The van der Waals surface area contributed by atoms with E-state index in [0.29, 0.717) is 39.5 Å². The fourth-order valence-corrected chi connectivity index (χ4v) is 6.68. The van der Waals surface area contributed by atoms with Crippen molar-refractivity contribution < 1.29 is 18.7 Å². The molecule has 0 spiro atoms. The summed E-state index contributed by atoms with van der Waals surface area (Å²) in [7, 11) is 1.99. The van der Waals surface area contributed by atoms with Crippen molar-refractivity contribution in [3.05, 3.63) is 84.7 Å². The molecule has 1 aromatic heterocycles. The molecule has 5 atom stereocenters. The largest absolute Gasteiger partial charge is 0.490 e. The van der Waals surface area contributed by atoms with Crippen LogP contribution < -0.4 is 14.8 Å². The number of ether oxygens (including phenoxy) is 2. The first-order valence-electron chi connectivity index (χ1n) is 14.6. The predicted molar refractivity (Wildman–Crippen MR) is 163 cm³/mol. The third-order valence-electron chi connectivity index (χ3n) is 8.88. The van der Waals surface area contributed by atoms with Crippen molar-refractivity contribution in [3.63, 3.8) is 0 Å². The van der Waals surface area contributed by atoms with Crippen LogP contribution in [0.25, 0.3) is 10.9 Å². The first-order valence-corrected chi connectivity index (χ1v) is 14.6. The van der Waals surface area contributed by atoms with Crippen LogP contribution in [-0.4, -0.2) is 69.3 Å². The number of likely N-dealkylation sites (N-methyl/N-ethyl adjacent to an activating group) is 1. The Morgan fingerprint density at radius 1 is 1.16 bits per heavy atom. The maximum atomic E-state index is 15.6. The van der Waals surface area contributed by atoms with Gasteiger partial charge in [-0.1, -0.05) is 12.7 Å². The maximum absolute atomic E-state index is 15.6. The zero-order valence-electron chi connectivity index (χ0n) is 24.1. The number of amides is 1. The van der Waals surface area contributed by atoms with Gasteiger partial charge in [0.15, 0.2) is 5.82 Å². The van der Waals surface area contributed by atoms with Crippen LogP contribution in [0, 0.1) is 12.7 Å². The Bertz CT molecular complexity index is 1690. The van der Waals surface area contributed by atoms with Crippen molar-refractivity contribution in [2.24, 2.45) is 4.99 Å². The van der Waals surface area contributed by atoms with E-state index in [1.807, 2.05) is 59.6 Å². The minimum Gasteiger partial charge on any atom is -0.490 e. The number of piperidine rings is 1. The number of hydrogen-bond donors (Lipinski definition) is 1. The Labute approximate surface area is 249 Å². The minimum atomic E-state index is -0.426. The second kappa shape index (κ2) is 10.8. The maximum Gasteiger partial charge on any atom is 0.246 e. The van der Waals surface area contributed by atoms with E-state index in [1.54, 1.807) is 19.1 Å². The summed E-state index contributed by atoms with van der Waals surface area (Å²) < 4.78 is 28.1. The number of halogens is 1. The molecule has 3 aromatic rings. The highest BCUT2D eigenvalue weighted by molar-refractivity contribution is 5.91. The molecule has 220 valence electrons. The number of carbonyl (C=O) groups is 1. The molecule has 1 amide bonds. The highest BCUT2D eigenvalue weighted by Crippen LogP contribution is 2.38. The number of aromatic nitrogens is 2. The van der Waals surface area contributed by atoms with Crippen molar-refractivity contribution in [2.45, 2.75) is 62.9 Å². The second-order valence-electron chi connectivity index (χ2n) is 11.6. The van der Waals surface area contributed by atoms with Gasteiger partial charge in [0.1, 0.15) is 35.5 Å². The normalized spacial score (nSPS) is 25.5. The number of aliphatic imine (C=N–C) groups is 1. The Morgan fingerprint density at radius 2 is 1.98 bits per heavy atom. The molecule has 10 heteroatoms. The van der Waals surface area contributed by atoms with E-state index in [2.05, 4.69) is 26.9 Å². The zero-order valence-corrected chi connectivity index (χ0v) is 24.1. The third-order valence-corrected chi connectivity index (χ3v) is 8.88. The standard InChI is InChI=1S/C33H33FN6O3/c1-4-31(41)40-20-5-6-21(40)14-24(13-20)42-22-7-9-26-25(15-22)33(36-17-35-26)38-27-10-12-30(19(2)32(27)34)43-23-8-11-29-28(16-23)37-18-39(29)3/h4,7-12,15-18,20-21,24,28-29H,1,5-6,13-14H2,2-3H3,(H,35,36,38)/t20-,21+,24?,28?,29?. The monoisotopic (exact) mass is 580 g/mol. The van der Waals surface area contributed by atoms with E-state index in [0.717, 1.165) is 25.7 Å². The molecule has 7 rings (SSSR count). The fourth-order valence-electron chi connectivity index (χ4n) is 6.68. The molecule has 1 aliphatic carbocycles. The number of fused-ring (bicyclic) bond motifs is 4. The van der Waals surface area contributed by atoms with Crippen LogP contribution in [-0.2, 0) is 4.79 Å². The van der Waals surface area contributed by atoms with Crippen LogP contribution in [0.15, 0.2) is 78.3 Å². The van der Waals surface area contributed by atoms with Gasteiger partial charge in [-0.3, -0.25) is 9.79 Å². The number of hydrogen-bond acceptors (Lipinski definition) is 8. The van der Waals surface area contributed by atoms with E-state index in [-0.39, 0.29) is 41.9 Å². The molecule has 9 nitrogen and oxygen atoms in total. The van der Waals surface area contributed by atoms with Gasteiger partial charge in [0.2, 0.25) is 5.91 Å². The van der Waals surface area contributed by atoms with Gasteiger partial charge in [-0.25, -0.2) is 14.4 Å². The van der Waals surface area contributed by atoms with Crippen LogP contribution in [0.2, 0.25) is 0 Å². The number of nitrogens with zero attached hydrogens (tertiary/aromatic N) is 5. The van der Waals surface area contributed by atoms with Crippen LogP contribution in [0.5, 0.6) is 11.5 Å². The topological polar surface area (TPSA) is 92.2 Å². The van der Waals surface area contributed by atoms with Gasteiger partial charge in [0.05, 0.1) is 29.6 Å². The van der Waals surface area contributed by atoms with Gasteiger partial charge >= 0.3 is 0 Å². The third kappa shape index (κ3) is 5.00. The van der Waals surface area contributed by atoms with E-state index < -0.39 is 5.82 Å². The molecular formula is C33H33FN6O3. The molecule has 2 bridgehead atoms. The number of allylic oxidation sites excluding steroid dienone is 1. The SMILES string of the molecule is C=CC(=O)N1[C@@H]2CC[C@H]1CC(Oc1ccc3ncnc(Nc4ccc(OC5=CC6N=CN(C)C6C=C5)c(C)c4F)c3c1)C2. The van der Waals surface area contributed by atoms with Crippen LogP contribution in [0.1, 0.15) is 31.2 Å². The van der Waals surface area contributed by atoms with E-state index in [4.69, 9.17) is 9.47 Å². The molecule has 3 unspecified atom stereocenters. The zero-order chi connectivity index (χ0) is 29.7. The van der Waals surface area contributed by atoms with Gasteiger partial charge in [0, 0.05) is 42.9 Å². The number of carbonyl (C=O) groups excluding carboxylic acids is 1. The Morgan fingerprint density at radius 3 is 2.77 bits per heavy atom. The number of nitrogens with one attached hydrogen (secondary N) is 1. The van der Waals surface area contributed by atoms with Crippen molar-refractivity contribution in [3.8, 4) is 11.5 Å². The van der Waals surface area contributed by atoms with E-state index >= 15 is 4.39 Å². The Hall–Kier alpha value is -4.73. The molecule has 2 saturated heterocycles. The average molecular weight is 581 g/mol. The van der Waals surface area contributed by atoms with Gasteiger partial charge in [0.25, 0.3) is 0 Å². The summed E-state index contributed by atoms with van der Waals surface area (Å²) in [6.45, 7) is 5.35. The summed E-state index contributed by atoms with van der Waals surface area (Å²) in [5, 5.41) is 3.87. The van der Waals surface area contributed by atoms with Gasteiger partial charge in [-0.15, -0.1) is 0 Å². The van der Waals surface area contributed by atoms with E-state index in [9.17, 15) is 4.79 Å². The Balaban J connectivity index is 1.08. The molecule has 3 aliphatic heterocycles. The summed E-state index contributed by atoms with van der Waals surface area (Å²) in [6.07, 6.45) is 14.1. The van der Waals surface area contributed by atoms with Crippen LogP contribution >= 0.6 is 0 Å². The highest BCUT2D eigenvalue weighted by Gasteiger charge is 2.43. The van der Waals surface area contributed by atoms with Crippen molar-refractivity contribution in [2.75, 3.05) is 12.4 Å². The smallest absolute Gasteiger partial charge is 0.246 e. The predicted octanol–water partition coefficient (Wildman–Crippen LogP) is 5.45. The number of benzene rings is 2. The van der Waals surface area contributed by atoms with Gasteiger partial charge < -0.3 is 24.6 Å². The first-order chi connectivity index (χ1) is 20.9. The lowest BCUT2D eigenvalue weighted by Crippen LogP contribution is -2.48. The summed E-state index contributed by atoms with van der Waals surface area (Å²) in [4.78, 5) is 29.6. The van der Waals surface area contributed by atoms with Gasteiger partial charge in [-0.2, -0.15) is 0 Å². The fraction of sp³-hybridized carbons (Fsp3) is 0.333. The summed E-state index contributed by atoms with van der Waals surface area (Å²) in [5.74, 6) is 1.81. The van der Waals surface area contributed by atoms with Crippen molar-refractivity contribution in [1.82, 2.24) is 19.8 Å². The minimum absolute atomic E-state index is 0.000493. The lowest BCUT2D eigenvalue weighted by atomic mass is 9.99. The van der Waals surface area contributed by atoms with Crippen molar-refractivity contribution in [1.29, 1.82) is 0 Å². The van der Waals surface area contributed by atoms with Crippen molar-refractivity contribution >= 4 is 34.7 Å². The number of anilines is 2.